The van der Waals surface area contributed by atoms with Crippen LogP contribution in [0, 0.1) is 0 Å². The number of hydrogen-bond donors (Lipinski definition) is 1. The van der Waals surface area contributed by atoms with Crippen molar-refractivity contribution < 1.29 is 22.8 Å². The molecule has 1 aromatic carbocycles. The maximum Gasteiger partial charge on any atom is 0.416 e. The van der Waals surface area contributed by atoms with Crippen molar-refractivity contribution in [2.45, 2.75) is 25.6 Å². The minimum atomic E-state index is -4.37. The fraction of sp³-hybridized carbons (Fsp3) is 0.250. The molecule has 1 amide bonds. The van der Waals surface area contributed by atoms with Gasteiger partial charge in [-0.25, -0.2) is 0 Å². The zero-order valence-corrected chi connectivity index (χ0v) is 12.8. The smallest absolute Gasteiger partial charge is 0.352 e. The normalized spacial score (nSPS) is 11.3. The first-order valence-electron chi connectivity index (χ1n) is 6.86. The Morgan fingerprint density at radius 2 is 1.74 bits per heavy atom. The minimum absolute atomic E-state index is 0.0529. The Morgan fingerprint density at radius 1 is 1.04 bits per heavy atom. The van der Waals surface area contributed by atoms with Crippen LogP contribution in [0.25, 0.3) is 0 Å². The number of carbonyl (C=O) groups excluding carboxylic acids is 2. The SMILES string of the molecule is O=C(CCC(=O)c1cccs1)NCc1ccc(C(F)(F)F)cc1. The first-order valence-corrected chi connectivity index (χ1v) is 7.74. The summed E-state index contributed by atoms with van der Waals surface area (Å²) in [6.07, 6.45) is -4.21. The number of halogens is 3. The molecule has 0 atom stereocenters. The van der Waals surface area contributed by atoms with Crippen LogP contribution in [0.2, 0.25) is 0 Å². The van der Waals surface area contributed by atoms with Gasteiger partial charge in [0, 0.05) is 19.4 Å². The highest BCUT2D eigenvalue weighted by Gasteiger charge is 2.29. The summed E-state index contributed by atoms with van der Waals surface area (Å²) in [7, 11) is 0. The first kappa shape index (κ1) is 17.2. The number of alkyl halides is 3. The lowest BCUT2D eigenvalue weighted by Gasteiger charge is -2.08. The number of thiophene rings is 1. The molecule has 3 nitrogen and oxygen atoms in total. The predicted octanol–water partition coefficient (Wildman–Crippen LogP) is 4.05. The summed E-state index contributed by atoms with van der Waals surface area (Å²) in [5.74, 6) is -0.403. The number of hydrogen-bond acceptors (Lipinski definition) is 3. The molecule has 1 N–H and O–H groups in total. The summed E-state index contributed by atoms with van der Waals surface area (Å²) in [4.78, 5) is 24.0. The molecule has 7 heteroatoms. The van der Waals surface area contributed by atoms with Gasteiger partial charge in [0.05, 0.1) is 10.4 Å². The molecule has 0 aliphatic heterocycles. The Bertz CT molecular complexity index is 664. The average molecular weight is 341 g/mol. The van der Waals surface area contributed by atoms with Crippen molar-refractivity contribution in [1.29, 1.82) is 0 Å². The van der Waals surface area contributed by atoms with Crippen LogP contribution in [0.15, 0.2) is 41.8 Å². The van der Waals surface area contributed by atoms with E-state index in [1.54, 1.807) is 17.5 Å². The number of benzene rings is 1. The summed E-state index contributed by atoms with van der Waals surface area (Å²) >= 11 is 1.32. The van der Waals surface area contributed by atoms with Gasteiger partial charge in [0.2, 0.25) is 5.91 Å². The fourth-order valence-electron chi connectivity index (χ4n) is 1.89. The van der Waals surface area contributed by atoms with Gasteiger partial charge in [-0.3, -0.25) is 9.59 Å². The number of rotatable bonds is 6. The van der Waals surface area contributed by atoms with Gasteiger partial charge in [-0.1, -0.05) is 18.2 Å². The van der Waals surface area contributed by atoms with Crippen molar-refractivity contribution in [2.75, 3.05) is 0 Å². The zero-order valence-electron chi connectivity index (χ0n) is 12.0. The lowest BCUT2D eigenvalue weighted by Crippen LogP contribution is -2.23. The molecule has 0 saturated carbocycles. The maximum atomic E-state index is 12.4. The summed E-state index contributed by atoms with van der Waals surface area (Å²) in [6.45, 7) is 0.129. The van der Waals surface area contributed by atoms with Crippen molar-refractivity contribution in [1.82, 2.24) is 5.32 Å². The van der Waals surface area contributed by atoms with Crippen molar-refractivity contribution in [3.8, 4) is 0 Å². The first-order chi connectivity index (χ1) is 10.9. The molecule has 0 saturated heterocycles. The number of ketones is 1. The predicted molar refractivity (Wildman–Crippen MR) is 81.2 cm³/mol. The molecule has 122 valence electrons. The van der Waals surface area contributed by atoms with E-state index in [4.69, 9.17) is 0 Å². The Morgan fingerprint density at radius 3 is 2.30 bits per heavy atom. The third-order valence-electron chi connectivity index (χ3n) is 3.15. The minimum Gasteiger partial charge on any atom is -0.352 e. The number of carbonyl (C=O) groups is 2. The largest absolute Gasteiger partial charge is 0.416 e. The number of amides is 1. The van der Waals surface area contributed by atoms with Gasteiger partial charge in [0.15, 0.2) is 5.78 Å². The van der Waals surface area contributed by atoms with Gasteiger partial charge < -0.3 is 5.32 Å². The zero-order chi connectivity index (χ0) is 16.9. The molecule has 0 spiro atoms. The Kier molecular flexibility index (Phi) is 5.54. The molecule has 23 heavy (non-hydrogen) atoms. The highest BCUT2D eigenvalue weighted by Crippen LogP contribution is 2.29. The molecular weight excluding hydrogens is 327 g/mol. The molecule has 0 aliphatic carbocycles. The van der Waals surface area contributed by atoms with E-state index in [1.165, 1.54) is 23.5 Å². The van der Waals surface area contributed by atoms with Crippen molar-refractivity contribution in [3.63, 3.8) is 0 Å². The Balaban J connectivity index is 1.77. The van der Waals surface area contributed by atoms with E-state index < -0.39 is 11.7 Å². The second-order valence-electron chi connectivity index (χ2n) is 4.87. The molecule has 0 unspecified atom stereocenters. The molecule has 2 rings (SSSR count). The third-order valence-corrected chi connectivity index (χ3v) is 4.06. The van der Waals surface area contributed by atoms with Gasteiger partial charge in [0.25, 0.3) is 0 Å². The Hall–Kier alpha value is -2.15. The average Bonchev–Trinajstić information content (AvgIpc) is 3.04. The van der Waals surface area contributed by atoms with Gasteiger partial charge in [-0.2, -0.15) is 13.2 Å². The second-order valence-corrected chi connectivity index (χ2v) is 5.82. The van der Waals surface area contributed by atoms with Crippen LogP contribution >= 0.6 is 11.3 Å². The highest BCUT2D eigenvalue weighted by molar-refractivity contribution is 7.12. The highest BCUT2D eigenvalue weighted by atomic mass is 32.1. The Labute approximate surface area is 135 Å². The molecule has 0 fully saturated rings. The molecule has 0 radical (unpaired) electrons. The van der Waals surface area contributed by atoms with Crippen molar-refractivity contribution in [2.24, 2.45) is 0 Å². The summed E-state index contributed by atoms with van der Waals surface area (Å²) in [6, 6.07) is 8.05. The van der Waals surface area contributed by atoms with E-state index >= 15 is 0 Å². The second kappa shape index (κ2) is 7.41. The van der Waals surface area contributed by atoms with Crippen LogP contribution in [0.1, 0.15) is 33.6 Å². The van der Waals surface area contributed by atoms with E-state index in [0.29, 0.717) is 10.4 Å². The number of Topliss-reactive ketones (excluding diaryl/α,β-unsaturated/α-hetero) is 1. The van der Waals surface area contributed by atoms with E-state index in [2.05, 4.69) is 5.32 Å². The van der Waals surface area contributed by atoms with Gasteiger partial charge in [-0.15, -0.1) is 11.3 Å². The topological polar surface area (TPSA) is 46.2 Å². The van der Waals surface area contributed by atoms with Crippen molar-refractivity contribution >= 4 is 23.0 Å². The van der Waals surface area contributed by atoms with Crippen LogP contribution < -0.4 is 5.32 Å². The summed E-state index contributed by atoms with van der Waals surface area (Å²) in [5, 5.41) is 4.38. The summed E-state index contributed by atoms with van der Waals surface area (Å²) in [5.41, 5.74) is -0.162. The van der Waals surface area contributed by atoms with E-state index in [9.17, 15) is 22.8 Å². The van der Waals surface area contributed by atoms with E-state index in [1.807, 2.05) is 0 Å². The van der Waals surface area contributed by atoms with Gasteiger partial charge in [-0.05, 0) is 29.1 Å². The molecule has 1 heterocycles. The van der Waals surface area contributed by atoms with Gasteiger partial charge >= 0.3 is 6.18 Å². The molecule has 1 aromatic heterocycles. The quantitative estimate of drug-likeness (QED) is 0.806. The van der Waals surface area contributed by atoms with Crippen LogP contribution in [0.3, 0.4) is 0 Å². The van der Waals surface area contributed by atoms with E-state index in [-0.39, 0.29) is 31.1 Å². The van der Waals surface area contributed by atoms with Gasteiger partial charge in [0.1, 0.15) is 0 Å². The van der Waals surface area contributed by atoms with Crippen molar-refractivity contribution in [3.05, 3.63) is 57.8 Å². The molecule has 2 aromatic rings. The maximum absolute atomic E-state index is 12.4. The fourth-order valence-corrected chi connectivity index (χ4v) is 2.58. The van der Waals surface area contributed by atoms with Crippen LogP contribution in [0.4, 0.5) is 13.2 Å². The molecule has 0 aliphatic rings. The lowest BCUT2D eigenvalue weighted by molar-refractivity contribution is -0.137. The number of nitrogens with one attached hydrogen (secondary N) is 1. The third kappa shape index (κ3) is 5.21. The van der Waals surface area contributed by atoms with Crippen LogP contribution in [-0.4, -0.2) is 11.7 Å². The standard InChI is InChI=1S/C16H14F3NO2S/c17-16(18,19)12-5-3-11(4-6-12)10-20-15(22)8-7-13(21)14-2-1-9-23-14/h1-6,9H,7-8,10H2,(H,20,22). The lowest BCUT2D eigenvalue weighted by atomic mass is 10.1. The monoisotopic (exact) mass is 341 g/mol. The summed E-state index contributed by atoms with van der Waals surface area (Å²) < 4.78 is 37.3. The van der Waals surface area contributed by atoms with E-state index in [0.717, 1.165) is 12.1 Å². The van der Waals surface area contributed by atoms with Crippen LogP contribution in [-0.2, 0) is 17.5 Å². The molecular formula is C16H14F3NO2S. The molecule has 0 bridgehead atoms. The van der Waals surface area contributed by atoms with Crippen LogP contribution in [0.5, 0.6) is 0 Å².